The summed E-state index contributed by atoms with van der Waals surface area (Å²) in [7, 11) is 0. The van der Waals surface area contributed by atoms with Gasteiger partial charge in [0.15, 0.2) is 0 Å². The van der Waals surface area contributed by atoms with Gasteiger partial charge in [0.2, 0.25) is 0 Å². The third-order valence-electron chi connectivity index (χ3n) is 3.07. The number of nitrogens with zero attached hydrogens (tertiary/aromatic N) is 2. The molecule has 1 unspecified atom stereocenters. The molecule has 0 amide bonds. The van der Waals surface area contributed by atoms with Gasteiger partial charge in [-0.3, -0.25) is 0 Å². The summed E-state index contributed by atoms with van der Waals surface area (Å²) in [5.74, 6) is 0. The van der Waals surface area contributed by atoms with E-state index in [1.807, 2.05) is 18.2 Å². The van der Waals surface area contributed by atoms with E-state index >= 15 is 0 Å². The van der Waals surface area contributed by atoms with Crippen molar-refractivity contribution in [3.63, 3.8) is 0 Å². The fourth-order valence-electron chi connectivity index (χ4n) is 2.20. The summed E-state index contributed by atoms with van der Waals surface area (Å²) in [5, 5.41) is 12.8. The van der Waals surface area contributed by atoms with E-state index in [1.54, 1.807) is 6.20 Å². The summed E-state index contributed by atoms with van der Waals surface area (Å²) in [6.07, 6.45) is 4.06. The van der Waals surface area contributed by atoms with Gasteiger partial charge in [-0.2, -0.15) is 10.2 Å². The minimum atomic E-state index is 0.386. The van der Waals surface area contributed by atoms with Gasteiger partial charge in [0.05, 0.1) is 24.0 Å². The Hall–Kier alpha value is -1.68. The number of aromatic nitrogens is 2. The van der Waals surface area contributed by atoms with Crippen LogP contribution in [0.5, 0.6) is 0 Å². The summed E-state index contributed by atoms with van der Waals surface area (Å²) in [6.45, 7) is 1.66. The minimum absolute atomic E-state index is 0.386. The van der Waals surface area contributed by atoms with Crippen LogP contribution in [0.4, 0.5) is 5.69 Å². The van der Waals surface area contributed by atoms with Crippen LogP contribution in [0, 0.1) is 0 Å². The third kappa shape index (κ3) is 2.22. The van der Waals surface area contributed by atoms with Crippen LogP contribution in [-0.4, -0.2) is 29.5 Å². The second kappa shape index (κ2) is 4.67. The molecule has 0 radical (unpaired) electrons. The van der Waals surface area contributed by atoms with Crippen LogP contribution in [0.2, 0.25) is 0 Å². The Morgan fingerprint density at radius 2 is 2.24 bits per heavy atom. The number of ether oxygens (including phenoxy) is 1. The van der Waals surface area contributed by atoms with Gasteiger partial charge in [-0.15, -0.1) is 0 Å². The first-order chi connectivity index (χ1) is 8.43. The lowest BCUT2D eigenvalue weighted by molar-refractivity contribution is 0.0876. The fourth-order valence-corrected chi connectivity index (χ4v) is 2.20. The standard InChI is InChI=1S/C13H15N3O/c1-2-6-12-11(5-1)13(8-14-16-12)15-10-4-3-7-17-9-10/h1-2,5-6,8,10H,3-4,7,9H2,(H,15,16). The highest BCUT2D eigenvalue weighted by atomic mass is 16.5. The van der Waals surface area contributed by atoms with Crippen LogP contribution in [0.15, 0.2) is 30.5 Å². The van der Waals surface area contributed by atoms with Gasteiger partial charge in [0.1, 0.15) is 0 Å². The van der Waals surface area contributed by atoms with Crippen LogP contribution in [0.1, 0.15) is 12.8 Å². The van der Waals surface area contributed by atoms with Crippen molar-refractivity contribution in [2.45, 2.75) is 18.9 Å². The summed E-state index contributed by atoms with van der Waals surface area (Å²) < 4.78 is 5.47. The van der Waals surface area contributed by atoms with Gasteiger partial charge in [-0.05, 0) is 18.9 Å². The zero-order valence-corrected chi connectivity index (χ0v) is 9.60. The molecule has 4 heteroatoms. The molecule has 0 saturated carbocycles. The van der Waals surface area contributed by atoms with Gasteiger partial charge >= 0.3 is 0 Å². The van der Waals surface area contributed by atoms with Crippen molar-refractivity contribution in [1.82, 2.24) is 10.2 Å². The largest absolute Gasteiger partial charge is 0.379 e. The number of rotatable bonds is 2. The molecule has 1 aliphatic rings. The van der Waals surface area contributed by atoms with Gasteiger partial charge in [-0.1, -0.05) is 18.2 Å². The predicted molar refractivity (Wildman–Crippen MR) is 67.0 cm³/mol. The Kier molecular flexibility index (Phi) is 2.88. The molecule has 1 saturated heterocycles. The molecule has 4 nitrogen and oxygen atoms in total. The van der Waals surface area contributed by atoms with Gasteiger partial charge in [0, 0.05) is 18.0 Å². The van der Waals surface area contributed by atoms with Crippen molar-refractivity contribution in [1.29, 1.82) is 0 Å². The van der Waals surface area contributed by atoms with E-state index < -0.39 is 0 Å². The van der Waals surface area contributed by atoms with E-state index in [9.17, 15) is 0 Å². The summed E-state index contributed by atoms with van der Waals surface area (Å²) in [5.41, 5.74) is 1.97. The number of hydrogen-bond donors (Lipinski definition) is 1. The van der Waals surface area contributed by atoms with E-state index in [1.165, 1.54) is 0 Å². The van der Waals surface area contributed by atoms with Crippen LogP contribution in [0.3, 0.4) is 0 Å². The second-order valence-corrected chi connectivity index (χ2v) is 4.33. The molecule has 1 aromatic heterocycles. The molecule has 17 heavy (non-hydrogen) atoms. The first-order valence-electron chi connectivity index (χ1n) is 5.98. The zero-order valence-electron chi connectivity index (χ0n) is 9.60. The van der Waals surface area contributed by atoms with E-state index in [-0.39, 0.29) is 0 Å². The Labute approximate surface area is 100 Å². The van der Waals surface area contributed by atoms with Crippen molar-refractivity contribution >= 4 is 16.6 Å². The fraction of sp³-hybridized carbons (Fsp3) is 0.385. The Morgan fingerprint density at radius 1 is 1.29 bits per heavy atom. The molecule has 0 aliphatic carbocycles. The highest BCUT2D eigenvalue weighted by molar-refractivity contribution is 5.90. The summed E-state index contributed by atoms with van der Waals surface area (Å²) in [6, 6.07) is 8.43. The van der Waals surface area contributed by atoms with E-state index in [4.69, 9.17) is 4.74 Å². The molecule has 1 atom stereocenters. The van der Waals surface area contributed by atoms with Crippen LogP contribution < -0.4 is 5.32 Å². The van der Waals surface area contributed by atoms with Crippen LogP contribution >= 0.6 is 0 Å². The first-order valence-corrected chi connectivity index (χ1v) is 5.98. The summed E-state index contributed by atoms with van der Waals surface area (Å²) in [4.78, 5) is 0. The Bertz CT molecular complexity index is 503. The summed E-state index contributed by atoms with van der Waals surface area (Å²) >= 11 is 0. The first kappa shape index (κ1) is 10.5. The van der Waals surface area contributed by atoms with Crippen molar-refractivity contribution < 1.29 is 4.74 Å². The zero-order chi connectivity index (χ0) is 11.5. The number of benzene rings is 1. The Balaban J connectivity index is 1.89. The van der Waals surface area contributed by atoms with Crippen molar-refractivity contribution in [2.75, 3.05) is 18.5 Å². The maximum Gasteiger partial charge on any atom is 0.0950 e. The number of fused-ring (bicyclic) bond motifs is 1. The average molecular weight is 229 g/mol. The maximum absolute atomic E-state index is 5.47. The lowest BCUT2D eigenvalue weighted by Gasteiger charge is -2.24. The lowest BCUT2D eigenvalue weighted by atomic mass is 10.1. The molecule has 2 aromatic rings. The second-order valence-electron chi connectivity index (χ2n) is 4.33. The molecule has 1 fully saturated rings. The molecule has 0 spiro atoms. The van der Waals surface area contributed by atoms with E-state index in [0.29, 0.717) is 6.04 Å². The molecular formula is C13H15N3O. The van der Waals surface area contributed by atoms with Gasteiger partial charge in [0.25, 0.3) is 0 Å². The topological polar surface area (TPSA) is 47.0 Å². The highest BCUT2D eigenvalue weighted by Gasteiger charge is 2.14. The molecular weight excluding hydrogens is 214 g/mol. The predicted octanol–water partition coefficient (Wildman–Crippen LogP) is 2.22. The third-order valence-corrected chi connectivity index (χ3v) is 3.07. The minimum Gasteiger partial charge on any atom is -0.379 e. The molecule has 88 valence electrons. The Morgan fingerprint density at radius 3 is 3.12 bits per heavy atom. The normalized spacial score (nSPS) is 20.4. The molecule has 3 rings (SSSR count). The SMILES string of the molecule is c1ccc2c(NC3CCCOC3)cnnc2c1. The molecule has 0 bridgehead atoms. The monoisotopic (exact) mass is 229 g/mol. The highest BCUT2D eigenvalue weighted by Crippen LogP contribution is 2.22. The molecule has 1 aromatic carbocycles. The lowest BCUT2D eigenvalue weighted by Crippen LogP contribution is -2.30. The quantitative estimate of drug-likeness (QED) is 0.857. The maximum atomic E-state index is 5.47. The average Bonchev–Trinajstić information content (AvgIpc) is 2.40. The van der Waals surface area contributed by atoms with Gasteiger partial charge in [-0.25, -0.2) is 0 Å². The molecule has 2 heterocycles. The van der Waals surface area contributed by atoms with Crippen LogP contribution in [-0.2, 0) is 4.74 Å². The van der Waals surface area contributed by atoms with Crippen molar-refractivity contribution in [2.24, 2.45) is 0 Å². The van der Waals surface area contributed by atoms with Crippen molar-refractivity contribution in [3.8, 4) is 0 Å². The van der Waals surface area contributed by atoms with Gasteiger partial charge < -0.3 is 10.1 Å². The van der Waals surface area contributed by atoms with Crippen molar-refractivity contribution in [3.05, 3.63) is 30.5 Å². The molecule has 1 N–H and O–H groups in total. The molecule has 1 aliphatic heterocycles. The number of nitrogens with one attached hydrogen (secondary N) is 1. The smallest absolute Gasteiger partial charge is 0.0950 e. The number of anilines is 1. The number of hydrogen-bond acceptors (Lipinski definition) is 4. The van der Waals surface area contributed by atoms with E-state index in [0.717, 1.165) is 42.6 Å². The van der Waals surface area contributed by atoms with Crippen LogP contribution in [0.25, 0.3) is 10.9 Å². The van der Waals surface area contributed by atoms with E-state index in [2.05, 4.69) is 21.6 Å².